The molecule has 6 nitrogen and oxygen atoms in total. The van der Waals surface area contributed by atoms with Gasteiger partial charge in [-0.2, -0.15) is 0 Å². The first-order chi connectivity index (χ1) is 11.3. The molecule has 0 spiro atoms. The standard InChI is InChI=1S/C15H15ClFNO5S/c1-22-13-7-15(14(23-2)6-10(13)16)24(20,21)18-8-9-11(17)4-3-5-12(9)19/h3-7,18-19H,8H2,1-2H3. The van der Waals surface area contributed by atoms with Crippen molar-refractivity contribution >= 4 is 21.6 Å². The largest absolute Gasteiger partial charge is 0.508 e. The SMILES string of the molecule is COc1cc(S(=O)(=O)NCc2c(O)cccc2F)c(OC)cc1Cl. The summed E-state index contributed by atoms with van der Waals surface area (Å²) in [6, 6.07) is 6.20. The smallest absolute Gasteiger partial charge is 0.244 e. The molecule has 9 heteroatoms. The molecule has 0 radical (unpaired) electrons. The highest BCUT2D eigenvalue weighted by atomic mass is 35.5. The fraction of sp³-hybridized carbons (Fsp3) is 0.200. The number of phenols is 1. The molecule has 0 saturated carbocycles. The highest BCUT2D eigenvalue weighted by molar-refractivity contribution is 7.89. The van der Waals surface area contributed by atoms with Gasteiger partial charge in [0, 0.05) is 24.2 Å². The van der Waals surface area contributed by atoms with Gasteiger partial charge in [-0.1, -0.05) is 17.7 Å². The number of hydrogen-bond acceptors (Lipinski definition) is 5. The van der Waals surface area contributed by atoms with Crippen LogP contribution in [0.3, 0.4) is 0 Å². The number of halogens is 2. The van der Waals surface area contributed by atoms with Crippen molar-refractivity contribution in [1.82, 2.24) is 4.72 Å². The zero-order chi connectivity index (χ0) is 17.9. The summed E-state index contributed by atoms with van der Waals surface area (Å²) >= 11 is 5.94. The zero-order valence-electron chi connectivity index (χ0n) is 12.8. The van der Waals surface area contributed by atoms with Crippen LogP contribution in [0.25, 0.3) is 0 Å². The maximum absolute atomic E-state index is 13.7. The minimum absolute atomic E-state index is 0.00561. The molecule has 0 unspecified atom stereocenters. The molecule has 0 aliphatic rings. The fourth-order valence-corrected chi connectivity index (χ4v) is 3.40. The molecule has 130 valence electrons. The lowest BCUT2D eigenvalue weighted by atomic mass is 10.2. The number of nitrogens with one attached hydrogen (secondary N) is 1. The summed E-state index contributed by atoms with van der Waals surface area (Å²) in [6.07, 6.45) is 0. The lowest BCUT2D eigenvalue weighted by molar-refractivity contribution is 0.392. The summed E-state index contributed by atoms with van der Waals surface area (Å²) in [5.74, 6) is -0.922. The summed E-state index contributed by atoms with van der Waals surface area (Å²) in [5, 5.41) is 9.82. The molecule has 0 amide bonds. The van der Waals surface area contributed by atoms with Gasteiger partial charge in [-0.25, -0.2) is 17.5 Å². The van der Waals surface area contributed by atoms with Crippen LogP contribution >= 0.6 is 11.6 Å². The fourth-order valence-electron chi connectivity index (χ4n) is 2.01. The Morgan fingerprint density at radius 1 is 1.21 bits per heavy atom. The van der Waals surface area contributed by atoms with Gasteiger partial charge in [-0.3, -0.25) is 0 Å². The molecule has 2 aromatic rings. The highest BCUT2D eigenvalue weighted by Crippen LogP contribution is 2.35. The molecule has 0 aromatic heterocycles. The molecule has 0 atom stereocenters. The van der Waals surface area contributed by atoms with Crippen LogP contribution in [0.1, 0.15) is 5.56 Å². The molecule has 0 fully saturated rings. The monoisotopic (exact) mass is 375 g/mol. The van der Waals surface area contributed by atoms with Gasteiger partial charge in [0.15, 0.2) is 0 Å². The summed E-state index contributed by atoms with van der Waals surface area (Å²) in [4.78, 5) is -0.220. The molecule has 0 aliphatic carbocycles. The normalized spacial score (nSPS) is 11.3. The lowest BCUT2D eigenvalue weighted by Gasteiger charge is -2.14. The number of phenolic OH excluding ortho intramolecular Hbond substituents is 1. The van der Waals surface area contributed by atoms with Crippen molar-refractivity contribution in [2.24, 2.45) is 0 Å². The minimum atomic E-state index is -4.08. The van der Waals surface area contributed by atoms with Gasteiger partial charge < -0.3 is 14.6 Å². The van der Waals surface area contributed by atoms with Gasteiger partial charge in [-0.15, -0.1) is 0 Å². The molecule has 0 aliphatic heterocycles. The molecule has 0 bridgehead atoms. The van der Waals surface area contributed by atoms with E-state index in [9.17, 15) is 17.9 Å². The van der Waals surface area contributed by atoms with E-state index in [1.165, 1.54) is 38.5 Å². The number of ether oxygens (including phenoxy) is 2. The van der Waals surface area contributed by atoms with E-state index in [0.717, 1.165) is 6.07 Å². The quantitative estimate of drug-likeness (QED) is 0.810. The van der Waals surface area contributed by atoms with Crippen molar-refractivity contribution in [3.8, 4) is 17.2 Å². The van der Waals surface area contributed by atoms with Crippen LogP contribution in [-0.2, 0) is 16.6 Å². The van der Waals surface area contributed by atoms with Crippen LogP contribution in [0, 0.1) is 5.82 Å². The van der Waals surface area contributed by atoms with Gasteiger partial charge in [0.2, 0.25) is 10.0 Å². The van der Waals surface area contributed by atoms with E-state index in [4.69, 9.17) is 21.1 Å². The maximum Gasteiger partial charge on any atom is 0.244 e. The van der Waals surface area contributed by atoms with E-state index in [1.807, 2.05) is 0 Å². The number of sulfonamides is 1. The second-order valence-electron chi connectivity index (χ2n) is 4.70. The Morgan fingerprint density at radius 2 is 1.88 bits per heavy atom. The van der Waals surface area contributed by atoms with Crippen molar-refractivity contribution in [2.75, 3.05) is 14.2 Å². The van der Waals surface area contributed by atoms with Crippen LogP contribution in [-0.4, -0.2) is 27.7 Å². The molecule has 2 N–H and O–H groups in total. The second kappa shape index (κ2) is 7.25. The van der Waals surface area contributed by atoms with Gasteiger partial charge in [0.25, 0.3) is 0 Å². The number of aromatic hydroxyl groups is 1. The average Bonchev–Trinajstić information content (AvgIpc) is 2.53. The van der Waals surface area contributed by atoms with Crippen molar-refractivity contribution in [2.45, 2.75) is 11.4 Å². The Bertz CT molecular complexity index is 837. The number of benzene rings is 2. The van der Waals surface area contributed by atoms with Crippen LogP contribution in [0.15, 0.2) is 35.2 Å². The van der Waals surface area contributed by atoms with Crippen molar-refractivity contribution in [3.63, 3.8) is 0 Å². The number of hydrogen-bond donors (Lipinski definition) is 2. The average molecular weight is 376 g/mol. The van der Waals surface area contributed by atoms with Crippen molar-refractivity contribution in [3.05, 3.63) is 46.7 Å². The number of rotatable bonds is 6. The van der Waals surface area contributed by atoms with Gasteiger partial charge in [0.05, 0.1) is 19.2 Å². The summed E-state index contributed by atoms with van der Waals surface area (Å²) in [6.45, 7) is -0.436. The topological polar surface area (TPSA) is 84.9 Å². The van der Waals surface area contributed by atoms with E-state index in [0.29, 0.717) is 0 Å². The van der Waals surface area contributed by atoms with Crippen LogP contribution in [0.4, 0.5) is 4.39 Å². The van der Waals surface area contributed by atoms with Gasteiger partial charge in [0.1, 0.15) is 28.0 Å². The van der Waals surface area contributed by atoms with E-state index in [2.05, 4.69) is 4.72 Å². The van der Waals surface area contributed by atoms with E-state index in [-0.39, 0.29) is 32.7 Å². The molecule has 2 aromatic carbocycles. The highest BCUT2D eigenvalue weighted by Gasteiger charge is 2.23. The van der Waals surface area contributed by atoms with Crippen LogP contribution in [0.5, 0.6) is 17.2 Å². The first-order valence-corrected chi connectivity index (χ1v) is 8.53. The first-order valence-electron chi connectivity index (χ1n) is 6.67. The Kier molecular flexibility index (Phi) is 5.53. The number of methoxy groups -OCH3 is 2. The predicted octanol–water partition coefficient (Wildman–Crippen LogP) is 2.68. The van der Waals surface area contributed by atoms with E-state index in [1.54, 1.807) is 0 Å². The second-order valence-corrected chi connectivity index (χ2v) is 6.84. The third kappa shape index (κ3) is 3.72. The summed E-state index contributed by atoms with van der Waals surface area (Å²) in [7, 11) is -1.44. The minimum Gasteiger partial charge on any atom is -0.508 e. The predicted molar refractivity (Wildman–Crippen MR) is 86.6 cm³/mol. The van der Waals surface area contributed by atoms with Gasteiger partial charge >= 0.3 is 0 Å². The Hall–Kier alpha value is -2.03. The zero-order valence-corrected chi connectivity index (χ0v) is 14.4. The van der Waals surface area contributed by atoms with Crippen molar-refractivity contribution < 1.29 is 27.4 Å². The Balaban J connectivity index is 2.37. The molecule has 0 heterocycles. The lowest BCUT2D eigenvalue weighted by Crippen LogP contribution is -2.24. The molecular weight excluding hydrogens is 361 g/mol. The van der Waals surface area contributed by atoms with Gasteiger partial charge in [-0.05, 0) is 12.1 Å². The van der Waals surface area contributed by atoms with Crippen LogP contribution < -0.4 is 14.2 Å². The Labute approximate surface area is 143 Å². The van der Waals surface area contributed by atoms with E-state index < -0.39 is 22.4 Å². The summed E-state index contributed by atoms with van der Waals surface area (Å²) in [5.41, 5.74) is -0.166. The molecule has 24 heavy (non-hydrogen) atoms. The van der Waals surface area contributed by atoms with E-state index >= 15 is 0 Å². The van der Waals surface area contributed by atoms with Crippen molar-refractivity contribution in [1.29, 1.82) is 0 Å². The maximum atomic E-state index is 13.7. The summed E-state index contributed by atoms with van der Waals surface area (Å²) < 4.78 is 50.9. The van der Waals surface area contributed by atoms with Crippen LogP contribution in [0.2, 0.25) is 5.02 Å². The molecule has 0 saturated heterocycles. The Morgan fingerprint density at radius 3 is 2.46 bits per heavy atom. The molecular formula is C15H15ClFNO5S. The molecule has 2 rings (SSSR count). The first kappa shape index (κ1) is 18.3. The third-order valence-corrected chi connectivity index (χ3v) is 4.98. The third-order valence-electron chi connectivity index (χ3n) is 3.26.